The van der Waals surface area contributed by atoms with Gasteiger partial charge >= 0.3 is 0 Å². The second kappa shape index (κ2) is 4.40. The van der Waals surface area contributed by atoms with Gasteiger partial charge in [0.25, 0.3) is 0 Å². The van der Waals surface area contributed by atoms with Gasteiger partial charge in [-0.25, -0.2) is 0 Å². The lowest BCUT2D eigenvalue weighted by Crippen LogP contribution is -2.55. The number of hydrogen-bond donors (Lipinski definition) is 1. The third-order valence-electron chi connectivity index (χ3n) is 3.06. The first-order valence-electron chi connectivity index (χ1n) is 5.75. The second-order valence-electron chi connectivity index (χ2n) is 5.72. The molecule has 3 heteroatoms. The van der Waals surface area contributed by atoms with Crippen molar-refractivity contribution in [2.45, 2.75) is 60.2 Å². The molecule has 1 rings (SSSR count). The largest absolute Gasteiger partial charge is 0.367 e. The summed E-state index contributed by atoms with van der Waals surface area (Å²) < 4.78 is 11.4. The number of hydrogen-bond acceptors (Lipinski definition) is 3. The van der Waals surface area contributed by atoms with Crippen LogP contribution in [0.3, 0.4) is 0 Å². The molecular formula is C12H24O3. The summed E-state index contributed by atoms with van der Waals surface area (Å²) in [5, 5.41) is 9.97. The minimum atomic E-state index is -0.744. The number of aliphatic hydroxyl groups is 1. The SMILES string of the molecule is CC(C)[C@@H]1O[C@H](C(C)C)C(C)(C)[C@@H](O)O1. The minimum Gasteiger partial charge on any atom is -0.367 e. The average Bonchev–Trinajstić information content (AvgIpc) is 2.08. The van der Waals surface area contributed by atoms with Gasteiger partial charge in [-0.05, 0) is 5.92 Å². The maximum atomic E-state index is 9.97. The predicted octanol–water partition coefficient (Wildman–Crippen LogP) is 2.38. The fourth-order valence-corrected chi connectivity index (χ4v) is 2.13. The third kappa shape index (κ3) is 2.52. The van der Waals surface area contributed by atoms with Crippen LogP contribution in [0.5, 0.6) is 0 Å². The third-order valence-corrected chi connectivity index (χ3v) is 3.06. The Kier molecular flexibility index (Phi) is 3.80. The van der Waals surface area contributed by atoms with Gasteiger partial charge in [0, 0.05) is 11.3 Å². The van der Waals surface area contributed by atoms with Crippen LogP contribution in [0.2, 0.25) is 0 Å². The number of ether oxygens (including phenoxy) is 2. The Morgan fingerprint density at radius 2 is 1.53 bits per heavy atom. The van der Waals surface area contributed by atoms with Crippen LogP contribution in [0, 0.1) is 17.3 Å². The summed E-state index contributed by atoms with van der Waals surface area (Å²) in [6.07, 6.45) is -1.000. The van der Waals surface area contributed by atoms with Gasteiger partial charge in [-0.3, -0.25) is 0 Å². The number of rotatable bonds is 2. The van der Waals surface area contributed by atoms with E-state index < -0.39 is 6.29 Å². The summed E-state index contributed by atoms with van der Waals surface area (Å²) in [6.45, 7) is 12.3. The lowest BCUT2D eigenvalue weighted by atomic mass is 9.79. The van der Waals surface area contributed by atoms with Crippen molar-refractivity contribution < 1.29 is 14.6 Å². The average molecular weight is 216 g/mol. The molecule has 0 bridgehead atoms. The van der Waals surface area contributed by atoms with Gasteiger partial charge in [0.1, 0.15) is 0 Å². The molecule has 90 valence electrons. The maximum absolute atomic E-state index is 9.97. The van der Waals surface area contributed by atoms with Gasteiger partial charge in [-0.15, -0.1) is 0 Å². The van der Waals surface area contributed by atoms with Crippen molar-refractivity contribution in [1.29, 1.82) is 0 Å². The van der Waals surface area contributed by atoms with E-state index >= 15 is 0 Å². The first-order chi connectivity index (χ1) is 6.76. The highest BCUT2D eigenvalue weighted by molar-refractivity contribution is 4.87. The zero-order valence-electron chi connectivity index (χ0n) is 10.7. The predicted molar refractivity (Wildman–Crippen MR) is 59.2 cm³/mol. The van der Waals surface area contributed by atoms with Crippen LogP contribution < -0.4 is 0 Å². The molecule has 0 aliphatic carbocycles. The highest BCUT2D eigenvalue weighted by Gasteiger charge is 2.46. The summed E-state index contributed by atoms with van der Waals surface area (Å²) in [5.74, 6) is 0.636. The van der Waals surface area contributed by atoms with Crippen LogP contribution in [-0.4, -0.2) is 23.8 Å². The molecule has 3 atom stereocenters. The van der Waals surface area contributed by atoms with Crippen molar-refractivity contribution >= 4 is 0 Å². The first kappa shape index (κ1) is 12.9. The summed E-state index contributed by atoms with van der Waals surface area (Å²) in [6, 6.07) is 0. The molecule has 0 aromatic carbocycles. The Morgan fingerprint density at radius 3 is 1.93 bits per heavy atom. The van der Waals surface area contributed by atoms with Crippen molar-refractivity contribution in [2.24, 2.45) is 17.3 Å². The van der Waals surface area contributed by atoms with E-state index in [4.69, 9.17) is 9.47 Å². The van der Waals surface area contributed by atoms with Gasteiger partial charge in [-0.1, -0.05) is 41.5 Å². The van der Waals surface area contributed by atoms with E-state index in [9.17, 15) is 5.11 Å². The molecule has 1 heterocycles. The zero-order chi connectivity index (χ0) is 11.8. The van der Waals surface area contributed by atoms with Crippen LogP contribution in [0.25, 0.3) is 0 Å². The van der Waals surface area contributed by atoms with E-state index in [0.717, 1.165) is 0 Å². The summed E-state index contributed by atoms with van der Waals surface area (Å²) in [5.41, 5.74) is -0.348. The van der Waals surface area contributed by atoms with Crippen molar-refractivity contribution in [1.82, 2.24) is 0 Å². The molecule has 1 saturated heterocycles. The zero-order valence-corrected chi connectivity index (χ0v) is 10.7. The maximum Gasteiger partial charge on any atom is 0.165 e. The highest BCUT2D eigenvalue weighted by Crippen LogP contribution is 2.39. The Labute approximate surface area is 92.8 Å². The summed E-state index contributed by atoms with van der Waals surface area (Å²) in [7, 11) is 0. The molecule has 0 saturated carbocycles. The molecule has 1 N–H and O–H groups in total. The first-order valence-corrected chi connectivity index (χ1v) is 5.75. The normalized spacial score (nSPS) is 36.2. The van der Waals surface area contributed by atoms with Crippen molar-refractivity contribution in [3.8, 4) is 0 Å². The fraction of sp³-hybridized carbons (Fsp3) is 1.00. The van der Waals surface area contributed by atoms with Crippen LogP contribution >= 0.6 is 0 Å². The van der Waals surface area contributed by atoms with Gasteiger partial charge < -0.3 is 14.6 Å². The molecule has 0 aromatic heterocycles. The van der Waals surface area contributed by atoms with Gasteiger partial charge in [-0.2, -0.15) is 0 Å². The topological polar surface area (TPSA) is 38.7 Å². The van der Waals surface area contributed by atoms with Gasteiger partial charge in [0.2, 0.25) is 0 Å². The Hall–Kier alpha value is -0.120. The summed E-state index contributed by atoms with van der Waals surface area (Å²) in [4.78, 5) is 0. The van der Waals surface area contributed by atoms with E-state index in [2.05, 4.69) is 13.8 Å². The van der Waals surface area contributed by atoms with Crippen LogP contribution in [0.15, 0.2) is 0 Å². The molecule has 1 aliphatic rings. The lowest BCUT2D eigenvalue weighted by molar-refractivity contribution is -0.362. The molecule has 1 aliphatic heterocycles. The minimum absolute atomic E-state index is 0.0358. The highest BCUT2D eigenvalue weighted by atomic mass is 16.7. The molecule has 0 amide bonds. The number of aliphatic hydroxyl groups excluding tert-OH is 1. The lowest BCUT2D eigenvalue weighted by Gasteiger charge is -2.48. The molecule has 0 spiro atoms. The fourth-order valence-electron chi connectivity index (χ4n) is 2.13. The molecule has 0 aromatic rings. The van der Waals surface area contributed by atoms with Gasteiger partial charge in [0.15, 0.2) is 12.6 Å². The van der Waals surface area contributed by atoms with E-state index in [1.54, 1.807) is 0 Å². The molecule has 0 unspecified atom stereocenters. The van der Waals surface area contributed by atoms with E-state index in [1.165, 1.54) is 0 Å². The smallest absolute Gasteiger partial charge is 0.165 e. The van der Waals surface area contributed by atoms with Crippen LogP contribution in [0.4, 0.5) is 0 Å². The Morgan fingerprint density at radius 1 is 1.00 bits per heavy atom. The molecule has 0 radical (unpaired) electrons. The quantitative estimate of drug-likeness (QED) is 0.770. The standard InChI is InChI=1S/C12H24O3/c1-7(2)9-12(5,6)11(13)15-10(14-9)8(3)4/h7-11,13H,1-6H3/t9-,10-,11+/m1/s1. The molecular weight excluding hydrogens is 192 g/mol. The van der Waals surface area contributed by atoms with Crippen LogP contribution in [-0.2, 0) is 9.47 Å². The molecule has 3 nitrogen and oxygen atoms in total. The summed E-state index contributed by atoms with van der Waals surface area (Å²) >= 11 is 0. The second-order valence-corrected chi connectivity index (χ2v) is 5.72. The van der Waals surface area contributed by atoms with Crippen LogP contribution in [0.1, 0.15) is 41.5 Å². The molecule has 1 fully saturated rings. The van der Waals surface area contributed by atoms with E-state index in [1.807, 2.05) is 27.7 Å². The van der Waals surface area contributed by atoms with Crippen molar-refractivity contribution in [3.63, 3.8) is 0 Å². The van der Waals surface area contributed by atoms with Crippen molar-refractivity contribution in [3.05, 3.63) is 0 Å². The van der Waals surface area contributed by atoms with E-state index in [-0.39, 0.29) is 23.7 Å². The van der Waals surface area contributed by atoms with Gasteiger partial charge in [0.05, 0.1) is 6.10 Å². The monoisotopic (exact) mass is 216 g/mol. The Balaban J connectivity index is 2.82. The van der Waals surface area contributed by atoms with E-state index in [0.29, 0.717) is 5.92 Å². The van der Waals surface area contributed by atoms with Crippen molar-refractivity contribution in [2.75, 3.05) is 0 Å². The molecule has 15 heavy (non-hydrogen) atoms. The Bertz CT molecular complexity index is 211.